The van der Waals surface area contributed by atoms with Crippen LogP contribution in [0.3, 0.4) is 0 Å². The van der Waals surface area contributed by atoms with Gasteiger partial charge in [-0.3, -0.25) is 9.59 Å². The number of hydrogen-bond acceptors (Lipinski definition) is 6. The van der Waals surface area contributed by atoms with Crippen LogP contribution in [0.1, 0.15) is 68.2 Å². The van der Waals surface area contributed by atoms with Crippen LogP contribution in [0.4, 0.5) is 4.79 Å². The van der Waals surface area contributed by atoms with Crippen LogP contribution in [-0.4, -0.2) is 54.7 Å². The summed E-state index contributed by atoms with van der Waals surface area (Å²) in [5.41, 5.74) is -0.699. The van der Waals surface area contributed by atoms with Gasteiger partial charge in [-0.25, -0.2) is 9.59 Å². The molecule has 0 saturated heterocycles. The van der Waals surface area contributed by atoms with Gasteiger partial charge in [0.15, 0.2) is 0 Å². The maximum Gasteiger partial charge on any atom is 0.408 e. The molecule has 0 radical (unpaired) electrons. The topological polar surface area (TPSA) is 123 Å². The average molecular weight is 430 g/mol. The zero-order chi connectivity index (χ0) is 23.6. The number of hydrogen-bond donors (Lipinski definition) is 3. The lowest BCUT2D eigenvalue weighted by atomic mass is 10.0. The second-order valence-corrected chi connectivity index (χ2v) is 9.27. The molecule has 0 rings (SSSR count). The molecule has 0 spiro atoms. The number of carbonyl (C=O) groups is 4. The van der Waals surface area contributed by atoms with Gasteiger partial charge in [0.25, 0.3) is 0 Å². The largest absolute Gasteiger partial charge is 0.467 e. The zero-order valence-corrected chi connectivity index (χ0v) is 19.8. The highest BCUT2D eigenvalue weighted by Gasteiger charge is 2.29. The summed E-state index contributed by atoms with van der Waals surface area (Å²) in [6.07, 6.45) is 0.0791. The Labute approximate surface area is 180 Å². The SMILES string of the molecule is COC(=O)[C@H](CC(C)C)NC(=O)C(C)NC(=O)[C@H](CC(C)C)NC(=O)OC(C)(C)C. The Hall–Kier alpha value is -2.32. The van der Waals surface area contributed by atoms with Gasteiger partial charge < -0.3 is 25.4 Å². The minimum atomic E-state index is -0.910. The predicted molar refractivity (Wildman–Crippen MR) is 114 cm³/mol. The van der Waals surface area contributed by atoms with Crippen LogP contribution >= 0.6 is 0 Å². The first-order chi connectivity index (χ1) is 13.7. The Morgan fingerprint density at radius 2 is 1.27 bits per heavy atom. The number of esters is 1. The van der Waals surface area contributed by atoms with Crippen molar-refractivity contribution < 1.29 is 28.7 Å². The molecule has 3 atom stereocenters. The van der Waals surface area contributed by atoms with Gasteiger partial charge in [0.1, 0.15) is 23.7 Å². The first-order valence-electron chi connectivity index (χ1n) is 10.3. The van der Waals surface area contributed by atoms with Gasteiger partial charge in [0.2, 0.25) is 11.8 Å². The highest BCUT2D eigenvalue weighted by molar-refractivity contribution is 5.92. The second-order valence-electron chi connectivity index (χ2n) is 9.27. The van der Waals surface area contributed by atoms with E-state index >= 15 is 0 Å². The van der Waals surface area contributed by atoms with E-state index in [1.807, 2.05) is 27.7 Å². The van der Waals surface area contributed by atoms with Crippen molar-refractivity contribution in [2.24, 2.45) is 11.8 Å². The summed E-state index contributed by atoms with van der Waals surface area (Å²) in [4.78, 5) is 49.2. The third kappa shape index (κ3) is 11.6. The lowest BCUT2D eigenvalue weighted by Crippen LogP contribution is -2.55. The number of rotatable bonds is 10. The quantitative estimate of drug-likeness (QED) is 0.457. The van der Waals surface area contributed by atoms with E-state index in [4.69, 9.17) is 9.47 Å². The Morgan fingerprint density at radius 1 is 0.767 bits per heavy atom. The van der Waals surface area contributed by atoms with E-state index < -0.39 is 47.6 Å². The monoisotopic (exact) mass is 429 g/mol. The van der Waals surface area contributed by atoms with E-state index in [1.54, 1.807) is 20.8 Å². The molecule has 0 heterocycles. The van der Waals surface area contributed by atoms with E-state index in [9.17, 15) is 19.2 Å². The van der Waals surface area contributed by atoms with Crippen LogP contribution in [0.15, 0.2) is 0 Å². The molecule has 3 N–H and O–H groups in total. The summed E-state index contributed by atoms with van der Waals surface area (Å²) in [6.45, 7) is 14.4. The molecule has 0 aromatic carbocycles. The zero-order valence-electron chi connectivity index (χ0n) is 19.8. The Bertz CT molecular complexity index is 598. The molecule has 30 heavy (non-hydrogen) atoms. The highest BCUT2D eigenvalue weighted by Crippen LogP contribution is 2.10. The fourth-order valence-corrected chi connectivity index (χ4v) is 2.66. The van der Waals surface area contributed by atoms with Crippen molar-refractivity contribution in [2.75, 3.05) is 7.11 Å². The number of carbonyl (C=O) groups excluding carboxylic acids is 4. The van der Waals surface area contributed by atoms with Crippen LogP contribution in [0, 0.1) is 11.8 Å². The summed E-state index contributed by atoms with van der Waals surface area (Å²) in [5.74, 6) is -1.28. The second kappa shape index (κ2) is 12.4. The number of methoxy groups -OCH3 is 1. The van der Waals surface area contributed by atoms with E-state index in [1.165, 1.54) is 14.0 Å². The molecule has 1 unspecified atom stereocenters. The highest BCUT2D eigenvalue weighted by atomic mass is 16.6. The van der Waals surface area contributed by atoms with Gasteiger partial charge in [-0.1, -0.05) is 27.7 Å². The molecule has 0 aliphatic heterocycles. The molecule has 9 nitrogen and oxygen atoms in total. The van der Waals surface area contributed by atoms with E-state index in [0.29, 0.717) is 12.8 Å². The molecule has 0 aliphatic carbocycles. The van der Waals surface area contributed by atoms with E-state index in [-0.39, 0.29) is 11.8 Å². The van der Waals surface area contributed by atoms with Gasteiger partial charge in [-0.2, -0.15) is 0 Å². The minimum absolute atomic E-state index is 0.120. The van der Waals surface area contributed by atoms with Gasteiger partial charge in [0.05, 0.1) is 7.11 Å². The van der Waals surface area contributed by atoms with Crippen molar-refractivity contribution in [1.82, 2.24) is 16.0 Å². The van der Waals surface area contributed by atoms with Crippen LogP contribution in [0.5, 0.6) is 0 Å². The van der Waals surface area contributed by atoms with Crippen LogP contribution in [0.25, 0.3) is 0 Å². The maximum atomic E-state index is 12.7. The molecular weight excluding hydrogens is 390 g/mol. The summed E-state index contributed by atoms with van der Waals surface area (Å²) >= 11 is 0. The smallest absolute Gasteiger partial charge is 0.408 e. The Morgan fingerprint density at radius 3 is 1.70 bits per heavy atom. The molecule has 3 amide bonds. The fourth-order valence-electron chi connectivity index (χ4n) is 2.66. The molecule has 0 aromatic heterocycles. The van der Waals surface area contributed by atoms with Crippen LogP contribution < -0.4 is 16.0 Å². The average Bonchev–Trinajstić information content (AvgIpc) is 2.57. The molecule has 0 aliphatic rings. The number of nitrogens with one attached hydrogen (secondary N) is 3. The first kappa shape index (κ1) is 27.7. The number of alkyl carbamates (subject to hydrolysis) is 1. The van der Waals surface area contributed by atoms with E-state index in [2.05, 4.69) is 16.0 Å². The van der Waals surface area contributed by atoms with Gasteiger partial charge in [-0.05, 0) is 52.4 Å². The van der Waals surface area contributed by atoms with Crippen molar-refractivity contribution in [1.29, 1.82) is 0 Å². The van der Waals surface area contributed by atoms with Gasteiger partial charge in [0, 0.05) is 0 Å². The first-order valence-corrected chi connectivity index (χ1v) is 10.3. The number of ether oxygens (including phenoxy) is 2. The Balaban J connectivity index is 5.08. The third-order valence-corrected chi connectivity index (χ3v) is 3.98. The number of amides is 3. The maximum absolute atomic E-state index is 12.7. The summed E-state index contributed by atoms with van der Waals surface area (Å²) < 4.78 is 9.96. The lowest BCUT2D eigenvalue weighted by molar-refractivity contribution is -0.145. The standard InChI is InChI=1S/C21H39N3O6/c1-12(2)10-15(24-20(28)30-21(6,7)8)18(26)22-14(5)17(25)23-16(11-13(3)4)19(27)29-9/h12-16H,10-11H2,1-9H3,(H,22,26)(H,23,25)(H,24,28)/t14?,15-,16-/m0/s1. The van der Waals surface area contributed by atoms with Crippen LogP contribution in [-0.2, 0) is 23.9 Å². The summed E-state index contributed by atoms with van der Waals surface area (Å²) in [6, 6.07) is -2.57. The van der Waals surface area contributed by atoms with Crippen molar-refractivity contribution in [3.05, 3.63) is 0 Å². The van der Waals surface area contributed by atoms with E-state index in [0.717, 1.165) is 0 Å². The predicted octanol–water partition coefficient (Wildman–Crippen LogP) is 2.13. The molecule has 0 fully saturated rings. The van der Waals surface area contributed by atoms with Crippen molar-refractivity contribution >= 4 is 23.9 Å². The third-order valence-electron chi connectivity index (χ3n) is 3.98. The molecular formula is C21H39N3O6. The van der Waals surface area contributed by atoms with Crippen molar-refractivity contribution in [2.45, 2.75) is 92.0 Å². The molecule has 0 aromatic rings. The van der Waals surface area contributed by atoms with Gasteiger partial charge >= 0.3 is 12.1 Å². The van der Waals surface area contributed by atoms with Gasteiger partial charge in [-0.15, -0.1) is 0 Å². The normalized spacial score (nSPS) is 14.5. The lowest BCUT2D eigenvalue weighted by Gasteiger charge is -2.26. The molecule has 9 heteroatoms. The van der Waals surface area contributed by atoms with Crippen LogP contribution in [0.2, 0.25) is 0 Å². The summed E-state index contributed by atoms with van der Waals surface area (Å²) in [7, 11) is 1.26. The molecule has 0 saturated carbocycles. The minimum Gasteiger partial charge on any atom is -0.467 e. The summed E-state index contributed by atoms with van der Waals surface area (Å²) in [5, 5.41) is 7.78. The molecule has 0 bridgehead atoms. The van der Waals surface area contributed by atoms with Crippen molar-refractivity contribution in [3.8, 4) is 0 Å². The van der Waals surface area contributed by atoms with Crippen molar-refractivity contribution in [3.63, 3.8) is 0 Å². The Kier molecular flexibility index (Phi) is 11.4. The molecule has 174 valence electrons. The fraction of sp³-hybridized carbons (Fsp3) is 0.810.